The smallest absolute Gasteiger partial charge is 0.220 e. The summed E-state index contributed by atoms with van der Waals surface area (Å²) in [7, 11) is 0. The van der Waals surface area contributed by atoms with Crippen molar-refractivity contribution in [2.75, 3.05) is 32.8 Å². The van der Waals surface area contributed by atoms with Gasteiger partial charge in [0.25, 0.3) is 0 Å². The third-order valence-corrected chi connectivity index (χ3v) is 4.88. The Morgan fingerprint density at radius 1 is 1.33 bits per heavy atom. The van der Waals surface area contributed by atoms with Crippen LogP contribution < -0.4 is 10.6 Å². The Hall–Kier alpha value is -1.43. The molecule has 5 nitrogen and oxygen atoms in total. The molecule has 2 N–H and O–H groups in total. The molecule has 2 unspecified atom stereocenters. The summed E-state index contributed by atoms with van der Waals surface area (Å²) in [5, 5.41) is 6.48. The third kappa shape index (κ3) is 5.58. The summed E-state index contributed by atoms with van der Waals surface area (Å²) in [6.07, 6.45) is 4.08. The summed E-state index contributed by atoms with van der Waals surface area (Å²) in [6.45, 7) is 5.22. The lowest BCUT2D eigenvalue weighted by Crippen LogP contribution is -2.47. The standard InChI is InChI=1S/C19H29N3O2/c23-19(9-8-17-7-4-10-20-17)21-13-18-15-22(11-12-24-18)14-16-5-2-1-3-6-16/h1-3,5-6,17-18,20H,4,7-15H2,(H,21,23). The van der Waals surface area contributed by atoms with E-state index in [2.05, 4.69) is 39.8 Å². The van der Waals surface area contributed by atoms with Gasteiger partial charge in [0.2, 0.25) is 5.91 Å². The van der Waals surface area contributed by atoms with Crippen LogP contribution in [0, 0.1) is 0 Å². The van der Waals surface area contributed by atoms with Crippen LogP contribution in [0.15, 0.2) is 30.3 Å². The second-order valence-corrected chi connectivity index (χ2v) is 6.85. The molecule has 24 heavy (non-hydrogen) atoms. The van der Waals surface area contributed by atoms with Crippen LogP contribution in [0.2, 0.25) is 0 Å². The fourth-order valence-electron chi connectivity index (χ4n) is 3.51. The molecule has 2 atom stereocenters. The predicted octanol–water partition coefficient (Wildman–Crippen LogP) is 1.54. The van der Waals surface area contributed by atoms with Crippen LogP contribution in [0.4, 0.5) is 0 Å². The Bertz CT molecular complexity index is 503. The molecule has 0 aromatic heterocycles. The van der Waals surface area contributed by atoms with E-state index in [-0.39, 0.29) is 12.0 Å². The first kappa shape index (κ1) is 17.4. The molecule has 1 amide bonds. The lowest BCUT2D eigenvalue weighted by Gasteiger charge is -2.33. The Labute approximate surface area is 144 Å². The highest BCUT2D eigenvalue weighted by Gasteiger charge is 2.21. The molecule has 0 aliphatic carbocycles. The molecular formula is C19H29N3O2. The van der Waals surface area contributed by atoms with Crippen molar-refractivity contribution >= 4 is 5.91 Å². The Morgan fingerprint density at radius 2 is 2.21 bits per heavy atom. The van der Waals surface area contributed by atoms with Crippen LogP contribution in [0.1, 0.15) is 31.2 Å². The highest BCUT2D eigenvalue weighted by molar-refractivity contribution is 5.75. The van der Waals surface area contributed by atoms with Gasteiger partial charge in [-0.2, -0.15) is 0 Å². The van der Waals surface area contributed by atoms with E-state index in [4.69, 9.17) is 4.74 Å². The van der Waals surface area contributed by atoms with Crippen LogP contribution in [-0.4, -0.2) is 55.7 Å². The normalized spacial score (nSPS) is 24.8. The number of nitrogens with zero attached hydrogens (tertiary/aromatic N) is 1. The number of benzene rings is 1. The zero-order valence-corrected chi connectivity index (χ0v) is 14.4. The molecule has 0 saturated carbocycles. The highest BCUT2D eigenvalue weighted by Crippen LogP contribution is 2.12. The van der Waals surface area contributed by atoms with Gasteiger partial charge in [-0.1, -0.05) is 30.3 Å². The quantitative estimate of drug-likeness (QED) is 0.796. The number of ether oxygens (including phenoxy) is 1. The largest absolute Gasteiger partial charge is 0.374 e. The highest BCUT2D eigenvalue weighted by atomic mass is 16.5. The molecule has 1 aromatic carbocycles. The molecule has 2 heterocycles. The average Bonchev–Trinajstić information content (AvgIpc) is 3.13. The maximum absolute atomic E-state index is 12.0. The van der Waals surface area contributed by atoms with Crippen molar-refractivity contribution in [3.63, 3.8) is 0 Å². The van der Waals surface area contributed by atoms with Crippen LogP contribution in [0.25, 0.3) is 0 Å². The van der Waals surface area contributed by atoms with E-state index in [1.807, 2.05) is 6.07 Å². The van der Waals surface area contributed by atoms with Crippen LogP contribution in [-0.2, 0) is 16.1 Å². The number of morpholine rings is 1. The molecule has 0 bridgehead atoms. The number of carbonyl (C=O) groups is 1. The van der Waals surface area contributed by atoms with Gasteiger partial charge in [0, 0.05) is 38.6 Å². The number of nitrogens with one attached hydrogen (secondary N) is 2. The molecule has 2 saturated heterocycles. The molecule has 2 aliphatic rings. The minimum absolute atomic E-state index is 0.0935. The number of carbonyl (C=O) groups excluding carboxylic acids is 1. The van der Waals surface area contributed by atoms with E-state index >= 15 is 0 Å². The zero-order chi connectivity index (χ0) is 16.6. The van der Waals surface area contributed by atoms with E-state index in [1.165, 1.54) is 18.4 Å². The molecule has 2 aliphatic heterocycles. The summed E-state index contributed by atoms with van der Waals surface area (Å²) in [5.41, 5.74) is 1.33. The SMILES string of the molecule is O=C(CCC1CCCN1)NCC1CN(Cc2ccccc2)CCO1. The predicted molar refractivity (Wildman–Crippen MR) is 94.7 cm³/mol. The number of rotatable bonds is 7. The molecular weight excluding hydrogens is 302 g/mol. The number of amides is 1. The molecule has 3 rings (SSSR count). The minimum Gasteiger partial charge on any atom is -0.374 e. The molecule has 2 fully saturated rings. The molecule has 0 radical (unpaired) electrons. The van der Waals surface area contributed by atoms with Crippen molar-refractivity contribution < 1.29 is 9.53 Å². The second-order valence-electron chi connectivity index (χ2n) is 6.85. The van der Waals surface area contributed by atoms with Gasteiger partial charge in [0.15, 0.2) is 0 Å². The monoisotopic (exact) mass is 331 g/mol. The second kappa shape index (κ2) is 9.16. The van der Waals surface area contributed by atoms with Crippen molar-refractivity contribution in [1.29, 1.82) is 0 Å². The van der Waals surface area contributed by atoms with Gasteiger partial charge in [-0.3, -0.25) is 9.69 Å². The van der Waals surface area contributed by atoms with Gasteiger partial charge >= 0.3 is 0 Å². The fourth-order valence-corrected chi connectivity index (χ4v) is 3.51. The van der Waals surface area contributed by atoms with Crippen molar-refractivity contribution in [2.45, 2.75) is 44.4 Å². The van der Waals surface area contributed by atoms with Gasteiger partial charge in [-0.25, -0.2) is 0 Å². The Balaban J connectivity index is 1.35. The topological polar surface area (TPSA) is 53.6 Å². The van der Waals surface area contributed by atoms with Crippen LogP contribution in [0.3, 0.4) is 0 Å². The zero-order valence-electron chi connectivity index (χ0n) is 14.4. The average molecular weight is 331 g/mol. The van der Waals surface area contributed by atoms with Crippen molar-refractivity contribution in [3.8, 4) is 0 Å². The van der Waals surface area contributed by atoms with E-state index in [0.717, 1.165) is 39.2 Å². The lowest BCUT2D eigenvalue weighted by atomic mass is 10.1. The summed E-state index contributed by atoms with van der Waals surface area (Å²) >= 11 is 0. The summed E-state index contributed by atoms with van der Waals surface area (Å²) in [4.78, 5) is 14.4. The number of hydrogen-bond acceptors (Lipinski definition) is 4. The molecule has 1 aromatic rings. The molecule has 0 spiro atoms. The third-order valence-electron chi connectivity index (χ3n) is 4.88. The maximum Gasteiger partial charge on any atom is 0.220 e. The van der Waals surface area contributed by atoms with Crippen LogP contribution >= 0.6 is 0 Å². The molecule has 132 valence electrons. The van der Waals surface area contributed by atoms with Crippen LogP contribution in [0.5, 0.6) is 0 Å². The van der Waals surface area contributed by atoms with Gasteiger partial charge in [0.05, 0.1) is 12.7 Å². The Morgan fingerprint density at radius 3 is 3.00 bits per heavy atom. The van der Waals surface area contributed by atoms with Crippen molar-refractivity contribution in [2.24, 2.45) is 0 Å². The Kier molecular flexibility index (Phi) is 6.64. The molecule has 5 heteroatoms. The summed E-state index contributed by atoms with van der Waals surface area (Å²) in [5.74, 6) is 0.146. The van der Waals surface area contributed by atoms with E-state index < -0.39 is 0 Å². The first-order valence-corrected chi connectivity index (χ1v) is 9.17. The maximum atomic E-state index is 12.0. The van der Waals surface area contributed by atoms with Crippen molar-refractivity contribution in [3.05, 3.63) is 35.9 Å². The number of hydrogen-bond donors (Lipinski definition) is 2. The van der Waals surface area contributed by atoms with Gasteiger partial charge < -0.3 is 15.4 Å². The minimum atomic E-state index is 0.0935. The lowest BCUT2D eigenvalue weighted by molar-refractivity contribution is -0.122. The van der Waals surface area contributed by atoms with Gasteiger partial charge in [-0.15, -0.1) is 0 Å². The van der Waals surface area contributed by atoms with E-state index in [1.54, 1.807) is 0 Å². The van der Waals surface area contributed by atoms with Gasteiger partial charge in [-0.05, 0) is 31.4 Å². The summed E-state index contributed by atoms with van der Waals surface area (Å²) in [6, 6.07) is 11.0. The van der Waals surface area contributed by atoms with Crippen molar-refractivity contribution in [1.82, 2.24) is 15.5 Å². The van der Waals surface area contributed by atoms with E-state index in [9.17, 15) is 4.79 Å². The van der Waals surface area contributed by atoms with E-state index in [0.29, 0.717) is 19.0 Å². The summed E-state index contributed by atoms with van der Waals surface area (Å²) < 4.78 is 5.81. The first-order valence-electron chi connectivity index (χ1n) is 9.17. The fraction of sp³-hybridized carbons (Fsp3) is 0.632. The van der Waals surface area contributed by atoms with Gasteiger partial charge in [0.1, 0.15) is 0 Å². The first-order chi connectivity index (χ1) is 11.8.